The van der Waals surface area contributed by atoms with Crippen LogP contribution in [0.5, 0.6) is 0 Å². The fourth-order valence-corrected chi connectivity index (χ4v) is 4.51. The van der Waals surface area contributed by atoms with Gasteiger partial charge >= 0.3 is 0 Å². The number of hydrogen-bond donors (Lipinski definition) is 4. The van der Waals surface area contributed by atoms with E-state index in [-0.39, 0.29) is 17.3 Å². The Balaban J connectivity index is 1.33. The predicted molar refractivity (Wildman–Crippen MR) is 129 cm³/mol. The summed E-state index contributed by atoms with van der Waals surface area (Å²) in [6, 6.07) is 5.01. The lowest BCUT2D eigenvalue weighted by Crippen LogP contribution is -2.31. The summed E-state index contributed by atoms with van der Waals surface area (Å²) in [6.07, 6.45) is 8.44. The van der Waals surface area contributed by atoms with Gasteiger partial charge in [-0.3, -0.25) is 10.1 Å². The summed E-state index contributed by atoms with van der Waals surface area (Å²) in [5, 5.41) is 6.40. The third kappa shape index (κ3) is 3.94. The highest BCUT2D eigenvalue weighted by atomic mass is 35.5. The van der Waals surface area contributed by atoms with Crippen molar-refractivity contribution < 1.29 is 4.79 Å². The highest BCUT2D eigenvalue weighted by Gasteiger charge is 2.24. The fraction of sp³-hybridized carbons (Fsp3) is 0.261. The number of carbonyl (C=O) groups is 1. The third-order valence-electron chi connectivity index (χ3n) is 5.90. The molecular formula is C23H22Cl2N6O. The minimum Gasteiger partial charge on any atom is -0.346 e. The predicted octanol–water partition coefficient (Wildman–Crippen LogP) is 5.21. The molecule has 4 N–H and O–H groups in total. The normalized spacial score (nSPS) is 22.3. The fourth-order valence-electron chi connectivity index (χ4n) is 3.90. The maximum atomic E-state index is 12.8. The summed E-state index contributed by atoms with van der Waals surface area (Å²) in [4.78, 5) is 28.3. The monoisotopic (exact) mass is 468 g/mol. The van der Waals surface area contributed by atoms with Gasteiger partial charge in [0.25, 0.3) is 5.91 Å². The van der Waals surface area contributed by atoms with Crippen molar-refractivity contribution in [3.8, 4) is 0 Å². The molecule has 32 heavy (non-hydrogen) atoms. The molecular weight excluding hydrogens is 447 g/mol. The number of halogens is 2. The molecule has 2 aromatic heterocycles. The third-order valence-corrected chi connectivity index (χ3v) is 6.66. The number of aromatic nitrogens is 4. The second kappa shape index (κ2) is 8.15. The van der Waals surface area contributed by atoms with Crippen molar-refractivity contribution in [3.63, 3.8) is 0 Å². The van der Waals surface area contributed by atoms with Gasteiger partial charge in [-0.2, -0.15) is 0 Å². The number of H-pyrrole nitrogens is 2. The molecule has 2 aliphatic rings. The summed E-state index contributed by atoms with van der Waals surface area (Å²) in [7, 11) is 0. The maximum absolute atomic E-state index is 12.8. The summed E-state index contributed by atoms with van der Waals surface area (Å²) < 4.78 is 0. The van der Waals surface area contributed by atoms with Crippen molar-refractivity contribution in [2.45, 2.75) is 31.7 Å². The number of amides is 1. The number of imidazole rings is 2. The van der Waals surface area contributed by atoms with E-state index in [9.17, 15) is 4.79 Å². The topological polar surface area (TPSA) is 98.5 Å². The molecule has 0 bridgehead atoms. The number of benzene rings is 1. The molecule has 3 atom stereocenters. The smallest absolute Gasteiger partial charge is 0.258 e. The quantitative estimate of drug-likeness (QED) is 0.394. The Morgan fingerprint density at radius 1 is 1.22 bits per heavy atom. The lowest BCUT2D eigenvalue weighted by atomic mass is 9.91. The van der Waals surface area contributed by atoms with Gasteiger partial charge in [0.1, 0.15) is 0 Å². The van der Waals surface area contributed by atoms with E-state index in [0.717, 1.165) is 28.8 Å². The minimum absolute atomic E-state index is 0.250. The van der Waals surface area contributed by atoms with Gasteiger partial charge < -0.3 is 15.3 Å². The van der Waals surface area contributed by atoms with Gasteiger partial charge in [-0.15, -0.1) is 11.6 Å². The molecule has 1 aromatic carbocycles. The molecule has 0 saturated carbocycles. The first-order valence-corrected chi connectivity index (χ1v) is 11.2. The number of carbonyl (C=O) groups excluding carboxylic acids is 1. The first-order valence-electron chi connectivity index (χ1n) is 10.4. The van der Waals surface area contributed by atoms with Crippen LogP contribution in [0, 0.1) is 5.92 Å². The van der Waals surface area contributed by atoms with Crippen molar-refractivity contribution >= 4 is 58.1 Å². The molecule has 0 spiro atoms. The van der Waals surface area contributed by atoms with Gasteiger partial charge in [-0.05, 0) is 49.6 Å². The van der Waals surface area contributed by atoms with E-state index in [0.29, 0.717) is 28.4 Å². The van der Waals surface area contributed by atoms with Crippen molar-refractivity contribution in [1.29, 1.82) is 0 Å². The van der Waals surface area contributed by atoms with E-state index < -0.39 is 0 Å². The van der Waals surface area contributed by atoms with Crippen LogP contribution in [-0.4, -0.2) is 37.3 Å². The Bertz CT molecular complexity index is 1300. The molecule has 9 heteroatoms. The molecule has 2 aliphatic carbocycles. The molecule has 0 saturated heterocycles. The largest absolute Gasteiger partial charge is 0.346 e. The molecule has 1 amide bonds. The van der Waals surface area contributed by atoms with Crippen LogP contribution in [0.4, 0.5) is 11.9 Å². The van der Waals surface area contributed by atoms with Crippen LogP contribution in [0.2, 0.25) is 0 Å². The average molecular weight is 469 g/mol. The number of allylic oxidation sites excluding steroid dienone is 3. The number of hydrogen-bond acceptors (Lipinski definition) is 4. The van der Waals surface area contributed by atoms with E-state index in [4.69, 9.17) is 23.2 Å². The van der Waals surface area contributed by atoms with E-state index >= 15 is 0 Å². The number of alkyl halides is 1. The zero-order valence-corrected chi connectivity index (χ0v) is 19.1. The summed E-state index contributed by atoms with van der Waals surface area (Å²) >= 11 is 12.6. The van der Waals surface area contributed by atoms with Crippen LogP contribution in [0.1, 0.15) is 35.6 Å². The van der Waals surface area contributed by atoms with Crippen molar-refractivity contribution in [1.82, 2.24) is 19.9 Å². The van der Waals surface area contributed by atoms with E-state index in [2.05, 4.69) is 50.5 Å². The number of anilines is 2. The minimum atomic E-state index is -0.289. The maximum Gasteiger partial charge on any atom is 0.258 e. The Kier molecular flexibility index (Phi) is 5.31. The van der Waals surface area contributed by atoms with Crippen LogP contribution >= 0.6 is 23.2 Å². The lowest BCUT2D eigenvalue weighted by Gasteiger charge is -2.22. The van der Waals surface area contributed by atoms with Crippen LogP contribution in [0.3, 0.4) is 0 Å². The first-order chi connectivity index (χ1) is 15.4. The molecule has 0 radical (unpaired) electrons. The van der Waals surface area contributed by atoms with Gasteiger partial charge in [-0.1, -0.05) is 36.2 Å². The Labute approximate surface area is 195 Å². The Hall–Kier alpha value is -3.03. The number of rotatable bonds is 4. The highest BCUT2D eigenvalue weighted by Crippen LogP contribution is 2.28. The van der Waals surface area contributed by atoms with Crippen molar-refractivity contribution in [2.75, 3.05) is 10.6 Å². The first kappa shape index (κ1) is 20.8. The molecule has 5 rings (SSSR count). The van der Waals surface area contributed by atoms with Gasteiger partial charge in [0.2, 0.25) is 11.9 Å². The van der Waals surface area contributed by atoms with Crippen LogP contribution in [-0.2, 0) is 6.42 Å². The second-order valence-electron chi connectivity index (χ2n) is 8.22. The van der Waals surface area contributed by atoms with Crippen LogP contribution in [0.25, 0.3) is 17.1 Å². The summed E-state index contributed by atoms with van der Waals surface area (Å²) in [5.74, 6) is 1.19. The van der Waals surface area contributed by atoms with E-state index in [1.165, 1.54) is 5.57 Å². The van der Waals surface area contributed by atoms with Crippen LogP contribution < -0.4 is 10.6 Å². The van der Waals surface area contributed by atoms with Crippen molar-refractivity contribution in [3.05, 3.63) is 64.0 Å². The lowest BCUT2D eigenvalue weighted by molar-refractivity contribution is 0.102. The molecule has 3 aromatic rings. The van der Waals surface area contributed by atoms with Crippen LogP contribution in [0.15, 0.2) is 47.0 Å². The number of nitrogens with one attached hydrogen (secondary N) is 4. The Morgan fingerprint density at radius 2 is 2.06 bits per heavy atom. The van der Waals surface area contributed by atoms with E-state index in [1.807, 2.05) is 12.2 Å². The molecule has 0 aliphatic heterocycles. The molecule has 3 unspecified atom stereocenters. The second-order valence-corrected chi connectivity index (χ2v) is 9.16. The van der Waals surface area contributed by atoms with Crippen molar-refractivity contribution in [2.24, 2.45) is 5.92 Å². The van der Waals surface area contributed by atoms with E-state index in [1.54, 1.807) is 24.3 Å². The Morgan fingerprint density at radius 3 is 2.88 bits per heavy atom. The zero-order chi connectivity index (χ0) is 22.4. The van der Waals surface area contributed by atoms with Gasteiger partial charge in [0.15, 0.2) is 0 Å². The van der Waals surface area contributed by atoms with Gasteiger partial charge in [0, 0.05) is 16.3 Å². The molecule has 7 nitrogen and oxygen atoms in total. The number of aromatic amines is 2. The average Bonchev–Trinajstić information content (AvgIpc) is 3.33. The summed E-state index contributed by atoms with van der Waals surface area (Å²) in [6.45, 7) is 4.28. The highest BCUT2D eigenvalue weighted by molar-refractivity contribution is 6.32. The standard InChI is InChI=1S/C23H22Cl2N6O/c1-11-8-17-18(9-12(11)2)28-23(27-17)31-21(32)13-6-7-16-19(10-13)29-22(26-16)30-20-14(24)4-3-5-15(20)25/h3-8,10,12,14,20H,9H2,1-2H3,(H2,26,29,30)(H2,27,28,31,32). The zero-order valence-electron chi connectivity index (χ0n) is 17.5. The molecule has 2 heterocycles. The summed E-state index contributed by atoms with van der Waals surface area (Å²) in [5.41, 5.74) is 5.17. The number of nitrogens with zero attached hydrogens (tertiary/aromatic N) is 2. The van der Waals surface area contributed by atoms with Gasteiger partial charge in [0.05, 0.1) is 28.1 Å². The molecule has 164 valence electrons. The number of fused-ring (bicyclic) bond motifs is 2. The van der Waals surface area contributed by atoms with Gasteiger partial charge in [-0.25, -0.2) is 9.97 Å². The SMILES string of the molecule is CC1=Cc2nc(NC(=O)c3ccc4nc(NC5C(Cl)=CC=CC5Cl)[nH]c4c3)[nH]c2CC1C. The molecule has 0 fully saturated rings.